The van der Waals surface area contributed by atoms with Gasteiger partial charge in [-0.05, 0) is 12.5 Å². The van der Waals surface area contributed by atoms with Crippen LogP contribution in [0.1, 0.15) is 12.1 Å². The summed E-state index contributed by atoms with van der Waals surface area (Å²) in [4.78, 5) is 16.5. The molecule has 0 saturated carbocycles. The van der Waals surface area contributed by atoms with Crippen LogP contribution in [0.2, 0.25) is 0 Å². The minimum absolute atomic E-state index is 0.000342. The van der Waals surface area contributed by atoms with Crippen LogP contribution in [0, 0.1) is 10.1 Å². The number of anilines is 1. The van der Waals surface area contributed by atoms with Crippen molar-refractivity contribution in [3.63, 3.8) is 0 Å². The largest absolute Gasteiger partial charge is 0.366 e. The van der Waals surface area contributed by atoms with Gasteiger partial charge in [0.05, 0.1) is 10.6 Å². The summed E-state index contributed by atoms with van der Waals surface area (Å²) < 4.78 is 4.82. The van der Waals surface area contributed by atoms with Crippen LogP contribution < -0.4 is 5.32 Å². The Labute approximate surface area is 120 Å². The van der Waals surface area contributed by atoms with Crippen LogP contribution >= 0.6 is 0 Å². The average molecular weight is 289 g/mol. The summed E-state index contributed by atoms with van der Waals surface area (Å²) in [6, 6.07) is 5.24. The van der Waals surface area contributed by atoms with Gasteiger partial charge in [0.2, 0.25) is 0 Å². The molecule has 0 spiro atoms. The molecule has 1 aliphatic rings. The Balaban J connectivity index is 1.53. The molecule has 0 amide bonds. The third-order valence-electron chi connectivity index (χ3n) is 3.46. The molecule has 1 atom stereocenters. The molecule has 3 rings (SSSR count). The predicted molar refractivity (Wildman–Crippen MR) is 74.7 cm³/mol. The Bertz CT molecular complexity index is 599. The molecule has 2 aromatic rings. The van der Waals surface area contributed by atoms with Gasteiger partial charge in [-0.3, -0.25) is 15.0 Å². The molecule has 2 aromatic heterocycles. The van der Waals surface area contributed by atoms with E-state index in [0.29, 0.717) is 5.82 Å². The van der Waals surface area contributed by atoms with Gasteiger partial charge in [0, 0.05) is 37.8 Å². The lowest BCUT2D eigenvalue weighted by Crippen LogP contribution is -2.26. The topological polar surface area (TPSA) is 97.3 Å². The van der Waals surface area contributed by atoms with Crippen LogP contribution in [-0.2, 0) is 6.54 Å². The zero-order valence-corrected chi connectivity index (χ0v) is 11.3. The van der Waals surface area contributed by atoms with Crippen molar-refractivity contribution < 1.29 is 9.45 Å². The minimum atomic E-state index is -0.452. The van der Waals surface area contributed by atoms with Gasteiger partial charge >= 0.3 is 0 Å². The highest BCUT2D eigenvalue weighted by molar-refractivity contribution is 5.41. The Kier molecular flexibility index (Phi) is 3.78. The van der Waals surface area contributed by atoms with Crippen LogP contribution in [-0.4, -0.2) is 39.1 Å². The molecule has 8 nitrogen and oxygen atoms in total. The van der Waals surface area contributed by atoms with Crippen LogP contribution in [0.15, 0.2) is 35.2 Å². The number of aromatic nitrogens is 2. The summed E-state index contributed by atoms with van der Waals surface area (Å²) in [6.45, 7) is 2.62. The fraction of sp³-hybridized carbons (Fsp3) is 0.385. The fourth-order valence-electron chi connectivity index (χ4n) is 2.43. The first-order valence-electron chi connectivity index (χ1n) is 6.69. The summed E-state index contributed by atoms with van der Waals surface area (Å²) in [5.41, 5.74) is 0.920. The smallest absolute Gasteiger partial charge is 0.287 e. The van der Waals surface area contributed by atoms with Crippen molar-refractivity contribution in [2.75, 3.05) is 18.4 Å². The summed E-state index contributed by atoms with van der Waals surface area (Å²) in [6.07, 6.45) is 3.84. The zero-order chi connectivity index (χ0) is 14.7. The number of hydrogen-bond donors (Lipinski definition) is 1. The van der Waals surface area contributed by atoms with E-state index in [9.17, 15) is 10.1 Å². The predicted octanol–water partition coefficient (Wildman–Crippen LogP) is 1.66. The quantitative estimate of drug-likeness (QED) is 0.660. The van der Waals surface area contributed by atoms with E-state index in [1.165, 1.54) is 12.3 Å². The Hall–Kier alpha value is -2.48. The molecule has 0 bridgehead atoms. The standard InChI is InChI=1S/C13H15N5O3/c19-18(20)12-1-2-13(14-7-12)15-10-3-5-17(8-10)9-11-4-6-21-16-11/h1-2,4,6-7,10H,3,5,8-9H2,(H,14,15)/t10-/m0/s1. The van der Waals surface area contributed by atoms with Crippen molar-refractivity contribution >= 4 is 11.5 Å². The van der Waals surface area contributed by atoms with E-state index in [-0.39, 0.29) is 11.7 Å². The van der Waals surface area contributed by atoms with Crippen LogP contribution in [0.25, 0.3) is 0 Å². The molecular weight excluding hydrogens is 274 g/mol. The van der Waals surface area contributed by atoms with Gasteiger partial charge in [-0.1, -0.05) is 5.16 Å². The number of hydrogen-bond acceptors (Lipinski definition) is 7. The lowest BCUT2D eigenvalue weighted by Gasteiger charge is -2.15. The van der Waals surface area contributed by atoms with Gasteiger partial charge in [-0.2, -0.15) is 0 Å². The number of nitrogens with one attached hydrogen (secondary N) is 1. The maximum Gasteiger partial charge on any atom is 0.287 e. The molecule has 21 heavy (non-hydrogen) atoms. The van der Waals surface area contributed by atoms with Gasteiger partial charge in [-0.15, -0.1) is 0 Å². The van der Waals surface area contributed by atoms with E-state index in [2.05, 4.69) is 20.4 Å². The maximum atomic E-state index is 10.6. The molecule has 0 unspecified atom stereocenters. The Morgan fingerprint density at radius 2 is 2.38 bits per heavy atom. The number of likely N-dealkylation sites (tertiary alicyclic amines) is 1. The molecule has 8 heteroatoms. The second-order valence-corrected chi connectivity index (χ2v) is 5.01. The summed E-state index contributed by atoms with van der Waals surface area (Å²) in [7, 11) is 0. The molecule has 3 heterocycles. The van der Waals surface area contributed by atoms with Crippen molar-refractivity contribution in [3.05, 3.63) is 46.5 Å². The molecule has 0 aliphatic carbocycles. The van der Waals surface area contributed by atoms with Crippen LogP contribution in [0.4, 0.5) is 11.5 Å². The van der Waals surface area contributed by atoms with E-state index in [1.54, 1.807) is 12.3 Å². The van der Waals surface area contributed by atoms with E-state index in [4.69, 9.17) is 4.52 Å². The second-order valence-electron chi connectivity index (χ2n) is 5.01. The van der Waals surface area contributed by atoms with Gasteiger partial charge in [0.15, 0.2) is 0 Å². The highest BCUT2D eigenvalue weighted by atomic mass is 16.6. The van der Waals surface area contributed by atoms with Crippen molar-refractivity contribution in [1.29, 1.82) is 0 Å². The van der Waals surface area contributed by atoms with Gasteiger partial charge < -0.3 is 9.84 Å². The number of nitro groups is 1. The first-order chi connectivity index (χ1) is 10.2. The molecule has 0 radical (unpaired) electrons. The maximum absolute atomic E-state index is 10.6. The highest BCUT2D eigenvalue weighted by Gasteiger charge is 2.23. The molecule has 1 aliphatic heterocycles. The fourth-order valence-corrected chi connectivity index (χ4v) is 2.43. The number of pyridine rings is 1. The molecule has 1 fully saturated rings. The van der Waals surface area contributed by atoms with Gasteiger partial charge in [0.1, 0.15) is 18.3 Å². The first kappa shape index (κ1) is 13.5. The van der Waals surface area contributed by atoms with Crippen molar-refractivity contribution in [1.82, 2.24) is 15.0 Å². The average Bonchev–Trinajstić information content (AvgIpc) is 3.12. The second kappa shape index (κ2) is 5.88. The molecule has 1 saturated heterocycles. The number of nitrogens with zero attached hydrogens (tertiary/aromatic N) is 4. The van der Waals surface area contributed by atoms with Crippen molar-refractivity contribution in [2.24, 2.45) is 0 Å². The van der Waals surface area contributed by atoms with E-state index in [1.807, 2.05) is 6.07 Å². The lowest BCUT2D eigenvalue weighted by atomic mass is 10.2. The molecule has 0 aromatic carbocycles. The van der Waals surface area contributed by atoms with Gasteiger partial charge in [0.25, 0.3) is 5.69 Å². The Morgan fingerprint density at radius 3 is 3.05 bits per heavy atom. The molecule has 110 valence electrons. The molecular formula is C13H15N5O3. The van der Waals surface area contributed by atoms with Gasteiger partial charge in [-0.25, -0.2) is 4.98 Å². The van der Waals surface area contributed by atoms with Crippen LogP contribution in [0.5, 0.6) is 0 Å². The minimum Gasteiger partial charge on any atom is -0.366 e. The van der Waals surface area contributed by atoms with E-state index in [0.717, 1.165) is 31.7 Å². The third-order valence-corrected chi connectivity index (χ3v) is 3.46. The van der Waals surface area contributed by atoms with Crippen LogP contribution in [0.3, 0.4) is 0 Å². The summed E-state index contributed by atoms with van der Waals surface area (Å²) in [5.74, 6) is 0.661. The monoisotopic (exact) mass is 289 g/mol. The summed E-state index contributed by atoms with van der Waals surface area (Å²) >= 11 is 0. The SMILES string of the molecule is O=[N+]([O-])c1ccc(N[C@H]2CCN(Cc3ccon3)C2)nc1. The lowest BCUT2D eigenvalue weighted by molar-refractivity contribution is -0.385. The third kappa shape index (κ3) is 3.34. The molecule has 1 N–H and O–H groups in total. The zero-order valence-electron chi connectivity index (χ0n) is 11.3. The summed E-state index contributed by atoms with van der Waals surface area (Å²) in [5, 5.41) is 17.8. The van der Waals surface area contributed by atoms with Crippen molar-refractivity contribution in [2.45, 2.75) is 19.0 Å². The highest BCUT2D eigenvalue weighted by Crippen LogP contribution is 2.18. The Morgan fingerprint density at radius 1 is 1.48 bits per heavy atom. The number of rotatable bonds is 5. The van der Waals surface area contributed by atoms with E-state index < -0.39 is 4.92 Å². The van der Waals surface area contributed by atoms with Crippen molar-refractivity contribution in [3.8, 4) is 0 Å². The normalized spacial score (nSPS) is 18.8. The van der Waals surface area contributed by atoms with E-state index >= 15 is 0 Å². The first-order valence-corrected chi connectivity index (χ1v) is 6.69.